The quantitative estimate of drug-likeness (QED) is 0.153. The van der Waals surface area contributed by atoms with Crippen molar-refractivity contribution in [3.63, 3.8) is 0 Å². The van der Waals surface area contributed by atoms with Gasteiger partial charge in [-0.1, -0.05) is 206 Å². The van der Waals surface area contributed by atoms with Crippen LogP contribution < -0.4 is 0 Å². The Labute approximate surface area is 393 Å². The Hall–Kier alpha value is -9.19. The number of fused-ring (bicyclic) bond motifs is 6. The van der Waals surface area contributed by atoms with Gasteiger partial charge in [0.15, 0.2) is 17.5 Å². The molecule has 0 aliphatic rings. The molecule has 5 heteroatoms. The summed E-state index contributed by atoms with van der Waals surface area (Å²) < 4.78 is 4.87. The molecule has 0 aliphatic carbocycles. The highest BCUT2D eigenvalue weighted by molar-refractivity contribution is 6.23. The van der Waals surface area contributed by atoms with Crippen LogP contribution >= 0.6 is 0 Å². The molecular formula is C63H41N5. The zero-order valence-corrected chi connectivity index (χ0v) is 36.9. The largest absolute Gasteiger partial charge is 0.309 e. The maximum Gasteiger partial charge on any atom is 0.166 e. The first-order chi connectivity index (χ1) is 33.8. The molecule has 0 radical (unpaired) electrons. The summed E-state index contributed by atoms with van der Waals surface area (Å²) >= 11 is 0. The van der Waals surface area contributed by atoms with E-state index in [4.69, 9.17) is 15.0 Å². The van der Waals surface area contributed by atoms with Crippen molar-refractivity contribution in [3.8, 4) is 78.9 Å². The number of hydrogen-bond acceptors (Lipinski definition) is 3. The third-order valence-electron chi connectivity index (χ3n) is 13.2. The average molecular weight is 868 g/mol. The minimum Gasteiger partial charge on any atom is -0.309 e. The number of aromatic nitrogens is 5. The van der Waals surface area contributed by atoms with E-state index < -0.39 is 0 Å². The van der Waals surface area contributed by atoms with Gasteiger partial charge in [-0.3, -0.25) is 0 Å². The van der Waals surface area contributed by atoms with Crippen molar-refractivity contribution in [2.45, 2.75) is 0 Å². The highest BCUT2D eigenvalue weighted by atomic mass is 15.1. The lowest BCUT2D eigenvalue weighted by Crippen LogP contribution is -2.04. The molecule has 0 saturated heterocycles. The summed E-state index contributed by atoms with van der Waals surface area (Å²) in [6, 6.07) is 88.3. The molecular weight excluding hydrogens is 827 g/mol. The van der Waals surface area contributed by atoms with Gasteiger partial charge in [-0.05, 0) is 70.3 Å². The summed E-state index contributed by atoms with van der Waals surface area (Å²) in [5.74, 6) is 1.82. The topological polar surface area (TPSA) is 48.5 Å². The fraction of sp³-hybridized carbons (Fsp3) is 0. The van der Waals surface area contributed by atoms with Crippen molar-refractivity contribution in [1.82, 2.24) is 24.1 Å². The minimum atomic E-state index is 0.592. The van der Waals surface area contributed by atoms with Gasteiger partial charge in [-0.2, -0.15) is 0 Å². The molecule has 0 spiro atoms. The van der Waals surface area contributed by atoms with Gasteiger partial charge in [0.2, 0.25) is 0 Å². The molecule has 0 N–H and O–H groups in total. The lowest BCUT2D eigenvalue weighted by atomic mass is 9.94. The highest BCUT2D eigenvalue weighted by Gasteiger charge is 2.25. The van der Waals surface area contributed by atoms with Gasteiger partial charge >= 0.3 is 0 Å². The maximum atomic E-state index is 5.33. The second kappa shape index (κ2) is 16.4. The Morgan fingerprint density at radius 3 is 1.35 bits per heavy atom. The number of nitrogens with zero attached hydrogens (tertiary/aromatic N) is 5. The third-order valence-corrected chi connectivity index (χ3v) is 13.2. The smallest absolute Gasteiger partial charge is 0.166 e. The van der Waals surface area contributed by atoms with Crippen LogP contribution in [0.5, 0.6) is 0 Å². The summed E-state index contributed by atoms with van der Waals surface area (Å²) in [6.07, 6.45) is 0. The summed E-state index contributed by atoms with van der Waals surface area (Å²) in [6.45, 7) is 0. The molecule has 3 heterocycles. The van der Waals surface area contributed by atoms with Crippen LogP contribution in [0.4, 0.5) is 0 Å². The first kappa shape index (κ1) is 39.2. The van der Waals surface area contributed by atoms with Crippen LogP contribution in [0, 0.1) is 0 Å². The SMILES string of the molecule is c1ccc(-c2ccc(-c3nc(-c4ccccc4)nc(-c4ccccc4)n3)c(-n3c4cccc(-c5cccc6c5c5ccccc5n6-c5ccccc5)c4c4cccc(-c5ccccc5)c43)c2)cc1. The molecule has 3 aromatic heterocycles. The molecule has 0 fully saturated rings. The van der Waals surface area contributed by atoms with Gasteiger partial charge in [0, 0.05) is 49.5 Å². The Kier molecular flexibility index (Phi) is 9.43. The van der Waals surface area contributed by atoms with E-state index in [2.05, 4.69) is 221 Å². The zero-order valence-electron chi connectivity index (χ0n) is 36.9. The summed E-state index contributed by atoms with van der Waals surface area (Å²) in [7, 11) is 0. The van der Waals surface area contributed by atoms with Gasteiger partial charge in [-0.15, -0.1) is 0 Å². The molecule has 13 aromatic rings. The van der Waals surface area contributed by atoms with Crippen LogP contribution in [-0.4, -0.2) is 24.1 Å². The Morgan fingerprint density at radius 2 is 0.721 bits per heavy atom. The van der Waals surface area contributed by atoms with Gasteiger partial charge in [-0.25, -0.2) is 15.0 Å². The molecule has 5 nitrogen and oxygen atoms in total. The van der Waals surface area contributed by atoms with Crippen molar-refractivity contribution in [1.29, 1.82) is 0 Å². The third kappa shape index (κ3) is 6.51. The van der Waals surface area contributed by atoms with Crippen LogP contribution in [-0.2, 0) is 0 Å². The van der Waals surface area contributed by atoms with E-state index >= 15 is 0 Å². The van der Waals surface area contributed by atoms with E-state index in [1.807, 2.05) is 36.4 Å². The zero-order chi connectivity index (χ0) is 45.0. The molecule has 318 valence electrons. The molecule has 13 rings (SSSR count). The molecule has 68 heavy (non-hydrogen) atoms. The van der Waals surface area contributed by atoms with Crippen molar-refractivity contribution in [2.75, 3.05) is 0 Å². The van der Waals surface area contributed by atoms with E-state index in [9.17, 15) is 0 Å². The lowest BCUT2D eigenvalue weighted by molar-refractivity contribution is 1.06. The van der Waals surface area contributed by atoms with Gasteiger partial charge in [0.25, 0.3) is 0 Å². The second-order valence-electron chi connectivity index (χ2n) is 17.1. The number of hydrogen-bond donors (Lipinski definition) is 0. The van der Waals surface area contributed by atoms with Crippen molar-refractivity contribution >= 4 is 43.6 Å². The number of rotatable bonds is 8. The molecule has 0 unspecified atom stereocenters. The average Bonchev–Trinajstić information content (AvgIpc) is 3.95. The van der Waals surface area contributed by atoms with Crippen molar-refractivity contribution in [2.24, 2.45) is 0 Å². The maximum absolute atomic E-state index is 5.33. The molecule has 0 aliphatic heterocycles. The van der Waals surface area contributed by atoms with Crippen LogP contribution in [0.2, 0.25) is 0 Å². The summed E-state index contributed by atoms with van der Waals surface area (Å²) in [5, 5.41) is 4.76. The predicted octanol–water partition coefficient (Wildman–Crippen LogP) is 16.1. The van der Waals surface area contributed by atoms with Gasteiger partial charge in [0.1, 0.15) is 0 Å². The molecule has 0 bridgehead atoms. The van der Waals surface area contributed by atoms with E-state index in [1.54, 1.807) is 0 Å². The summed E-state index contributed by atoms with van der Waals surface area (Å²) in [4.78, 5) is 15.8. The van der Waals surface area contributed by atoms with E-state index in [0.717, 1.165) is 77.8 Å². The van der Waals surface area contributed by atoms with E-state index in [-0.39, 0.29) is 0 Å². The van der Waals surface area contributed by atoms with Crippen LogP contribution in [0.15, 0.2) is 249 Å². The van der Waals surface area contributed by atoms with Crippen LogP contribution in [0.3, 0.4) is 0 Å². The monoisotopic (exact) mass is 867 g/mol. The molecule has 0 saturated carbocycles. The molecule has 0 amide bonds. The Morgan fingerprint density at radius 1 is 0.265 bits per heavy atom. The summed E-state index contributed by atoms with van der Waals surface area (Å²) in [5.41, 5.74) is 16.2. The standard InChI is InChI=1S/C63H41N5/c1-6-21-42(22-7-1)46-39-40-52(63-65-61(44-25-10-3-11-26-44)64-62(66-63)45-27-12-4-13-28-45)57(41-46)68-56-38-20-34-50(59(56)53-35-18-32-48(60(53)68)43-23-8-2-9-24-43)49-33-19-37-55-58(49)51-31-16-17-36-54(51)67(55)47-29-14-5-15-30-47/h1-41H. The molecule has 0 atom stereocenters. The van der Waals surface area contributed by atoms with Crippen LogP contribution in [0.25, 0.3) is 123 Å². The van der Waals surface area contributed by atoms with Crippen LogP contribution in [0.1, 0.15) is 0 Å². The lowest BCUT2D eigenvalue weighted by Gasteiger charge is -2.18. The van der Waals surface area contributed by atoms with Crippen molar-refractivity contribution < 1.29 is 0 Å². The number of para-hydroxylation sites is 3. The second-order valence-corrected chi connectivity index (χ2v) is 17.1. The van der Waals surface area contributed by atoms with E-state index in [0.29, 0.717) is 17.5 Å². The highest BCUT2D eigenvalue weighted by Crippen LogP contribution is 2.47. The fourth-order valence-electron chi connectivity index (χ4n) is 10.2. The first-order valence-corrected chi connectivity index (χ1v) is 23.0. The van der Waals surface area contributed by atoms with Gasteiger partial charge in [0.05, 0.1) is 27.8 Å². The minimum absolute atomic E-state index is 0.592. The Bertz CT molecular complexity index is 3930. The van der Waals surface area contributed by atoms with Crippen molar-refractivity contribution in [3.05, 3.63) is 249 Å². The molecule has 10 aromatic carbocycles. The van der Waals surface area contributed by atoms with E-state index in [1.165, 1.54) is 27.2 Å². The Balaban J connectivity index is 1.16. The number of benzene rings is 10. The first-order valence-electron chi connectivity index (χ1n) is 23.0. The normalized spacial score (nSPS) is 11.5. The fourth-order valence-corrected chi connectivity index (χ4v) is 10.2. The predicted molar refractivity (Wildman–Crippen MR) is 281 cm³/mol. The van der Waals surface area contributed by atoms with Gasteiger partial charge < -0.3 is 9.13 Å².